The number of thioether (sulfide) groups is 1. The molecular weight excluding hydrogens is 306 g/mol. The minimum absolute atomic E-state index is 0.154. The van der Waals surface area contributed by atoms with Gasteiger partial charge in [0.15, 0.2) is 5.43 Å². The van der Waals surface area contributed by atoms with E-state index in [2.05, 4.69) is 0 Å². The van der Waals surface area contributed by atoms with E-state index < -0.39 is 0 Å². The van der Waals surface area contributed by atoms with Gasteiger partial charge in [-0.1, -0.05) is 36.1 Å². The predicted molar refractivity (Wildman–Crippen MR) is 88.0 cm³/mol. The number of benzene rings is 1. The fourth-order valence-electron chi connectivity index (χ4n) is 2.11. The molecule has 0 N–H and O–H groups in total. The highest BCUT2D eigenvalue weighted by Gasteiger charge is 2.30. The minimum Gasteiger partial charge on any atom is -0.463 e. The summed E-state index contributed by atoms with van der Waals surface area (Å²) in [6, 6.07) is 7.02. The second kappa shape index (κ2) is 5.46. The SMILES string of the molecule is CCN1C(=O)/C(=C/c2coc3ccccc3c2=O)SC1=S. The Morgan fingerprint density at radius 2 is 2.10 bits per heavy atom. The second-order valence-electron chi connectivity index (χ2n) is 4.44. The molecule has 21 heavy (non-hydrogen) atoms. The summed E-state index contributed by atoms with van der Waals surface area (Å²) in [6.45, 7) is 2.38. The van der Waals surface area contributed by atoms with Gasteiger partial charge in [0.25, 0.3) is 5.91 Å². The number of likely N-dealkylation sites (N-methyl/N-ethyl adjacent to an activating group) is 1. The molecule has 0 bridgehead atoms. The molecule has 3 rings (SSSR count). The normalized spacial score (nSPS) is 17.2. The average Bonchev–Trinajstić information content (AvgIpc) is 2.76. The van der Waals surface area contributed by atoms with Gasteiger partial charge in [0.2, 0.25) is 0 Å². The summed E-state index contributed by atoms with van der Waals surface area (Å²) < 4.78 is 5.95. The lowest BCUT2D eigenvalue weighted by atomic mass is 10.1. The number of hydrogen-bond acceptors (Lipinski definition) is 5. The number of carbonyl (C=O) groups excluding carboxylic acids is 1. The Morgan fingerprint density at radius 3 is 2.81 bits per heavy atom. The second-order valence-corrected chi connectivity index (χ2v) is 6.12. The van der Waals surface area contributed by atoms with Gasteiger partial charge < -0.3 is 4.42 Å². The summed E-state index contributed by atoms with van der Waals surface area (Å²) in [6.07, 6.45) is 2.93. The van der Waals surface area contributed by atoms with Crippen LogP contribution in [0.1, 0.15) is 12.5 Å². The van der Waals surface area contributed by atoms with Crippen LogP contribution in [0.5, 0.6) is 0 Å². The van der Waals surface area contributed by atoms with Crippen molar-refractivity contribution in [3.05, 3.63) is 51.2 Å². The van der Waals surface area contributed by atoms with Gasteiger partial charge in [-0.25, -0.2) is 0 Å². The molecule has 1 aliphatic heterocycles. The van der Waals surface area contributed by atoms with Crippen molar-refractivity contribution in [1.82, 2.24) is 4.90 Å². The standard InChI is InChI=1S/C15H11NO3S2/c1-2-16-14(18)12(21-15(16)20)7-9-8-19-11-6-4-3-5-10(11)13(9)17/h3-8H,2H2,1H3/b12-7-. The van der Waals surface area contributed by atoms with Crippen LogP contribution < -0.4 is 5.43 Å². The third-order valence-corrected chi connectivity index (χ3v) is 4.56. The molecule has 2 heterocycles. The summed E-state index contributed by atoms with van der Waals surface area (Å²) in [5.74, 6) is -0.167. The zero-order valence-corrected chi connectivity index (χ0v) is 12.8. The fraction of sp³-hybridized carbons (Fsp3) is 0.133. The molecule has 1 aromatic heterocycles. The number of amides is 1. The van der Waals surface area contributed by atoms with Crippen LogP contribution in [-0.4, -0.2) is 21.7 Å². The Morgan fingerprint density at radius 1 is 1.33 bits per heavy atom. The first-order valence-corrected chi connectivity index (χ1v) is 7.60. The Hall–Kier alpha value is -1.92. The Bertz CT molecular complexity index is 838. The van der Waals surface area contributed by atoms with E-state index in [1.54, 1.807) is 30.3 Å². The van der Waals surface area contributed by atoms with Gasteiger partial charge in [0, 0.05) is 6.54 Å². The van der Waals surface area contributed by atoms with E-state index in [1.807, 2.05) is 6.92 Å². The molecule has 0 unspecified atom stereocenters. The molecule has 0 atom stereocenters. The number of nitrogens with zero attached hydrogens (tertiary/aromatic N) is 1. The van der Waals surface area contributed by atoms with Crippen LogP contribution in [0.3, 0.4) is 0 Å². The van der Waals surface area contributed by atoms with Crippen molar-refractivity contribution in [2.45, 2.75) is 6.92 Å². The zero-order chi connectivity index (χ0) is 15.0. The van der Waals surface area contributed by atoms with Crippen LogP contribution in [0.25, 0.3) is 17.0 Å². The van der Waals surface area contributed by atoms with Gasteiger partial charge in [0.05, 0.1) is 15.9 Å². The Balaban J connectivity index is 2.09. The van der Waals surface area contributed by atoms with Crippen molar-refractivity contribution in [2.75, 3.05) is 6.54 Å². The summed E-state index contributed by atoms with van der Waals surface area (Å²) in [7, 11) is 0. The van der Waals surface area contributed by atoms with E-state index in [0.717, 1.165) is 0 Å². The van der Waals surface area contributed by atoms with E-state index in [-0.39, 0.29) is 11.3 Å². The van der Waals surface area contributed by atoms with Crippen molar-refractivity contribution in [3.8, 4) is 0 Å². The number of thiocarbonyl (C=S) groups is 1. The predicted octanol–water partition coefficient (Wildman–Crippen LogP) is 3.01. The van der Waals surface area contributed by atoms with Gasteiger partial charge in [-0.05, 0) is 25.1 Å². The lowest BCUT2D eigenvalue weighted by Gasteiger charge is -2.09. The van der Waals surface area contributed by atoms with Gasteiger partial charge in [-0.3, -0.25) is 14.5 Å². The highest BCUT2D eigenvalue weighted by molar-refractivity contribution is 8.26. The average molecular weight is 317 g/mol. The molecule has 1 saturated heterocycles. The molecule has 0 radical (unpaired) electrons. The lowest BCUT2D eigenvalue weighted by Crippen LogP contribution is -2.27. The molecule has 1 fully saturated rings. The number of fused-ring (bicyclic) bond motifs is 1. The Labute approximate surface area is 130 Å². The van der Waals surface area contributed by atoms with Crippen LogP contribution in [0.4, 0.5) is 0 Å². The highest BCUT2D eigenvalue weighted by Crippen LogP contribution is 2.31. The molecule has 0 aliphatic carbocycles. The quantitative estimate of drug-likeness (QED) is 0.629. The molecular formula is C15H11NO3S2. The van der Waals surface area contributed by atoms with E-state index in [9.17, 15) is 9.59 Å². The topological polar surface area (TPSA) is 50.5 Å². The van der Waals surface area contributed by atoms with Crippen LogP contribution in [0, 0.1) is 0 Å². The van der Waals surface area contributed by atoms with E-state index in [0.29, 0.717) is 32.3 Å². The molecule has 0 spiro atoms. The summed E-state index contributed by atoms with van der Waals surface area (Å²) in [5.41, 5.74) is 0.727. The fourth-order valence-corrected chi connectivity index (χ4v) is 3.48. The largest absolute Gasteiger partial charge is 0.463 e. The molecule has 106 valence electrons. The van der Waals surface area contributed by atoms with Crippen LogP contribution in [0.2, 0.25) is 0 Å². The number of hydrogen-bond donors (Lipinski definition) is 0. The molecule has 0 saturated carbocycles. The maximum Gasteiger partial charge on any atom is 0.266 e. The third-order valence-electron chi connectivity index (χ3n) is 3.18. The van der Waals surface area contributed by atoms with Crippen LogP contribution >= 0.6 is 24.0 Å². The Kier molecular flexibility index (Phi) is 3.65. The monoisotopic (exact) mass is 317 g/mol. The molecule has 1 amide bonds. The molecule has 6 heteroatoms. The molecule has 2 aromatic rings. The first-order valence-electron chi connectivity index (χ1n) is 6.37. The van der Waals surface area contributed by atoms with Crippen molar-refractivity contribution in [1.29, 1.82) is 0 Å². The summed E-state index contributed by atoms with van der Waals surface area (Å²) in [5, 5.41) is 0.497. The van der Waals surface area contributed by atoms with Gasteiger partial charge in [0.1, 0.15) is 16.2 Å². The van der Waals surface area contributed by atoms with Crippen molar-refractivity contribution >= 4 is 51.3 Å². The smallest absolute Gasteiger partial charge is 0.266 e. The van der Waals surface area contributed by atoms with Crippen molar-refractivity contribution < 1.29 is 9.21 Å². The first kappa shape index (κ1) is 14.0. The number of carbonyl (C=O) groups is 1. The van der Waals surface area contributed by atoms with Gasteiger partial charge in [-0.15, -0.1) is 0 Å². The summed E-state index contributed by atoms with van der Waals surface area (Å²) in [4.78, 5) is 26.5. The molecule has 4 nitrogen and oxygen atoms in total. The van der Waals surface area contributed by atoms with E-state index in [1.165, 1.54) is 22.9 Å². The van der Waals surface area contributed by atoms with Gasteiger partial charge in [-0.2, -0.15) is 0 Å². The maximum absolute atomic E-state index is 12.4. The van der Waals surface area contributed by atoms with E-state index >= 15 is 0 Å². The van der Waals surface area contributed by atoms with Crippen molar-refractivity contribution in [2.24, 2.45) is 0 Å². The minimum atomic E-state index is -0.167. The third kappa shape index (κ3) is 2.41. The maximum atomic E-state index is 12.4. The number of para-hydroxylation sites is 1. The number of rotatable bonds is 2. The van der Waals surface area contributed by atoms with Gasteiger partial charge >= 0.3 is 0 Å². The van der Waals surface area contributed by atoms with Crippen LogP contribution in [0.15, 0.2) is 44.6 Å². The van der Waals surface area contributed by atoms with E-state index in [4.69, 9.17) is 16.6 Å². The highest BCUT2D eigenvalue weighted by atomic mass is 32.2. The van der Waals surface area contributed by atoms with Crippen LogP contribution in [-0.2, 0) is 4.79 Å². The molecule has 1 aromatic carbocycles. The molecule has 1 aliphatic rings. The lowest BCUT2D eigenvalue weighted by molar-refractivity contribution is -0.121. The summed E-state index contributed by atoms with van der Waals surface area (Å²) >= 11 is 6.35. The first-order chi connectivity index (χ1) is 10.1. The zero-order valence-electron chi connectivity index (χ0n) is 11.2. The van der Waals surface area contributed by atoms with Crippen molar-refractivity contribution in [3.63, 3.8) is 0 Å².